The van der Waals surface area contributed by atoms with Crippen molar-refractivity contribution in [3.63, 3.8) is 0 Å². The average molecular weight is 402 g/mol. The van der Waals surface area contributed by atoms with Crippen LogP contribution in [-0.4, -0.2) is 39.0 Å². The van der Waals surface area contributed by atoms with Crippen molar-refractivity contribution in [3.8, 4) is 11.3 Å². The number of nitrogens with zero attached hydrogens (tertiary/aromatic N) is 5. The molecule has 29 heavy (non-hydrogen) atoms. The Morgan fingerprint density at radius 2 is 1.90 bits per heavy atom. The van der Waals surface area contributed by atoms with E-state index in [1.807, 2.05) is 11.0 Å². The lowest BCUT2D eigenvalue weighted by atomic mass is 9.99. The Morgan fingerprint density at radius 1 is 1.17 bits per heavy atom. The lowest BCUT2D eigenvalue weighted by Crippen LogP contribution is -2.52. The molecule has 0 bridgehead atoms. The minimum absolute atomic E-state index is 0.113. The van der Waals surface area contributed by atoms with Crippen molar-refractivity contribution in [3.05, 3.63) is 54.4 Å². The van der Waals surface area contributed by atoms with E-state index in [9.17, 15) is 18.0 Å². The SMILES string of the molecule is Cn1nc(C(F)(F)F)cc1-c1ccc(NC(=O)C2CN(c3cccnn3)C2)cc1. The van der Waals surface area contributed by atoms with E-state index < -0.39 is 11.9 Å². The molecule has 4 rings (SSSR count). The number of rotatable bonds is 4. The van der Waals surface area contributed by atoms with E-state index >= 15 is 0 Å². The van der Waals surface area contributed by atoms with Gasteiger partial charge in [0.25, 0.3) is 0 Å². The predicted octanol–water partition coefficient (Wildman–Crippen LogP) is 2.97. The average Bonchev–Trinajstić information content (AvgIpc) is 3.04. The van der Waals surface area contributed by atoms with Gasteiger partial charge in [0.05, 0.1) is 11.6 Å². The molecule has 1 aliphatic rings. The van der Waals surface area contributed by atoms with Crippen LogP contribution in [0.2, 0.25) is 0 Å². The Bertz CT molecular complexity index is 1010. The third-order valence-electron chi connectivity index (χ3n) is 4.75. The Labute approximate surface area is 164 Å². The van der Waals surface area contributed by atoms with Gasteiger partial charge in [0.2, 0.25) is 5.91 Å². The Kier molecular flexibility index (Phi) is 4.69. The number of alkyl halides is 3. The number of hydrogen-bond acceptors (Lipinski definition) is 5. The fourth-order valence-corrected chi connectivity index (χ4v) is 3.14. The van der Waals surface area contributed by atoms with Gasteiger partial charge in [-0.15, -0.1) is 5.10 Å². The van der Waals surface area contributed by atoms with Gasteiger partial charge in [-0.1, -0.05) is 12.1 Å². The molecule has 1 saturated heterocycles. The molecule has 0 unspecified atom stereocenters. The van der Waals surface area contributed by atoms with Gasteiger partial charge in [-0.05, 0) is 35.9 Å². The van der Waals surface area contributed by atoms with Gasteiger partial charge >= 0.3 is 6.18 Å². The molecule has 2 aromatic heterocycles. The van der Waals surface area contributed by atoms with E-state index in [4.69, 9.17) is 0 Å². The topological polar surface area (TPSA) is 75.9 Å². The summed E-state index contributed by atoms with van der Waals surface area (Å²) in [5.41, 5.74) is 0.555. The molecule has 1 aliphatic heterocycles. The van der Waals surface area contributed by atoms with Crippen LogP contribution in [0.1, 0.15) is 5.69 Å². The maximum atomic E-state index is 12.8. The van der Waals surface area contributed by atoms with Gasteiger partial charge in [0.1, 0.15) is 0 Å². The number of amides is 1. The second-order valence-electron chi connectivity index (χ2n) is 6.79. The molecule has 1 aromatic carbocycles. The van der Waals surface area contributed by atoms with Crippen LogP contribution in [0.3, 0.4) is 0 Å². The van der Waals surface area contributed by atoms with Crippen molar-refractivity contribution >= 4 is 17.4 Å². The van der Waals surface area contributed by atoms with Crippen LogP contribution in [0, 0.1) is 5.92 Å². The van der Waals surface area contributed by atoms with Gasteiger partial charge in [0, 0.05) is 32.0 Å². The van der Waals surface area contributed by atoms with Crippen molar-refractivity contribution in [2.75, 3.05) is 23.3 Å². The second-order valence-corrected chi connectivity index (χ2v) is 6.79. The molecule has 0 radical (unpaired) electrons. The molecule has 150 valence electrons. The number of aromatic nitrogens is 4. The summed E-state index contributed by atoms with van der Waals surface area (Å²) < 4.78 is 39.6. The van der Waals surface area contributed by atoms with Crippen LogP contribution in [0.5, 0.6) is 0 Å². The molecule has 0 saturated carbocycles. The van der Waals surface area contributed by atoms with Crippen molar-refractivity contribution in [2.45, 2.75) is 6.18 Å². The van der Waals surface area contributed by atoms with E-state index in [0.29, 0.717) is 30.0 Å². The number of carbonyl (C=O) groups excluding carboxylic acids is 1. The van der Waals surface area contributed by atoms with Crippen molar-refractivity contribution < 1.29 is 18.0 Å². The zero-order valence-electron chi connectivity index (χ0n) is 15.4. The van der Waals surface area contributed by atoms with Crippen LogP contribution >= 0.6 is 0 Å². The minimum Gasteiger partial charge on any atom is -0.353 e. The highest BCUT2D eigenvalue weighted by Crippen LogP contribution is 2.32. The Morgan fingerprint density at radius 3 is 2.48 bits per heavy atom. The molecule has 0 atom stereocenters. The highest BCUT2D eigenvalue weighted by atomic mass is 19.4. The summed E-state index contributed by atoms with van der Waals surface area (Å²) in [7, 11) is 1.46. The predicted molar refractivity (Wildman–Crippen MR) is 100 cm³/mol. The lowest BCUT2D eigenvalue weighted by molar-refractivity contribution is -0.141. The number of benzene rings is 1. The van der Waals surface area contributed by atoms with E-state index in [-0.39, 0.29) is 11.8 Å². The highest BCUT2D eigenvalue weighted by molar-refractivity contribution is 5.94. The number of hydrogen-bond donors (Lipinski definition) is 1. The smallest absolute Gasteiger partial charge is 0.353 e. The maximum absolute atomic E-state index is 12.8. The Balaban J connectivity index is 1.38. The molecule has 3 heterocycles. The van der Waals surface area contributed by atoms with Gasteiger partial charge < -0.3 is 10.2 Å². The minimum atomic E-state index is -4.49. The standard InChI is InChI=1S/C19H17F3N6O/c1-27-15(9-16(26-27)19(20,21)22)12-4-6-14(7-5-12)24-18(29)13-10-28(11-13)17-3-2-8-23-25-17/h2-9,13H,10-11H2,1H3,(H,24,29). The van der Waals surface area contributed by atoms with Crippen LogP contribution in [-0.2, 0) is 18.0 Å². The summed E-state index contributed by atoms with van der Waals surface area (Å²) >= 11 is 0. The summed E-state index contributed by atoms with van der Waals surface area (Å²) in [6.45, 7) is 1.11. The number of nitrogens with one attached hydrogen (secondary N) is 1. The number of aryl methyl sites for hydroxylation is 1. The van der Waals surface area contributed by atoms with Crippen LogP contribution in [0.15, 0.2) is 48.7 Å². The van der Waals surface area contributed by atoms with Crippen LogP contribution < -0.4 is 10.2 Å². The summed E-state index contributed by atoms with van der Waals surface area (Å²) in [5, 5.41) is 14.2. The van der Waals surface area contributed by atoms with Gasteiger partial charge in [0.15, 0.2) is 11.5 Å². The summed E-state index contributed by atoms with van der Waals surface area (Å²) in [6.07, 6.45) is -2.90. The monoisotopic (exact) mass is 402 g/mol. The summed E-state index contributed by atoms with van der Waals surface area (Å²) in [4.78, 5) is 14.3. The third kappa shape index (κ3) is 3.91. The van der Waals surface area contributed by atoms with E-state index in [2.05, 4.69) is 20.6 Å². The molecule has 0 spiro atoms. The van der Waals surface area contributed by atoms with E-state index in [1.165, 1.54) is 11.7 Å². The van der Waals surface area contributed by atoms with Crippen LogP contribution in [0.4, 0.5) is 24.7 Å². The molecule has 0 aliphatic carbocycles. The fraction of sp³-hybridized carbons (Fsp3) is 0.263. The zero-order valence-corrected chi connectivity index (χ0v) is 15.4. The third-order valence-corrected chi connectivity index (χ3v) is 4.75. The highest BCUT2D eigenvalue weighted by Gasteiger charge is 2.35. The molecule has 1 fully saturated rings. The number of carbonyl (C=O) groups is 1. The summed E-state index contributed by atoms with van der Waals surface area (Å²) in [6, 6.07) is 11.3. The number of halogens is 3. The van der Waals surface area contributed by atoms with Crippen molar-refractivity contribution in [1.82, 2.24) is 20.0 Å². The second kappa shape index (κ2) is 7.19. The molecular weight excluding hydrogens is 385 g/mol. The fourth-order valence-electron chi connectivity index (χ4n) is 3.14. The normalized spacial score (nSPS) is 14.6. The molecule has 1 N–H and O–H groups in total. The van der Waals surface area contributed by atoms with Crippen molar-refractivity contribution in [1.29, 1.82) is 0 Å². The zero-order chi connectivity index (χ0) is 20.6. The summed E-state index contributed by atoms with van der Waals surface area (Å²) in [5.74, 6) is 0.455. The largest absolute Gasteiger partial charge is 0.435 e. The first-order valence-corrected chi connectivity index (χ1v) is 8.86. The first-order chi connectivity index (χ1) is 13.8. The van der Waals surface area contributed by atoms with Crippen molar-refractivity contribution in [2.24, 2.45) is 13.0 Å². The number of anilines is 2. The van der Waals surface area contributed by atoms with Gasteiger partial charge in [-0.2, -0.15) is 23.4 Å². The van der Waals surface area contributed by atoms with Crippen LogP contribution in [0.25, 0.3) is 11.3 Å². The van der Waals surface area contributed by atoms with Gasteiger partial charge in [-0.3, -0.25) is 9.48 Å². The molecule has 3 aromatic rings. The molecular formula is C19H17F3N6O. The lowest BCUT2D eigenvalue weighted by Gasteiger charge is -2.38. The van der Waals surface area contributed by atoms with Gasteiger partial charge in [-0.25, -0.2) is 0 Å². The first kappa shape index (κ1) is 18.9. The Hall–Kier alpha value is -3.43. The first-order valence-electron chi connectivity index (χ1n) is 8.86. The van der Waals surface area contributed by atoms with E-state index in [0.717, 1.165) is 11.9 Å². The molecule has 7 nitrogen and oxygen atoms in total. The molecule has 1 amide bonds. The maximum Gasteiger partial charge on any atom is 0.435 e. The van der Waals surface area contributed by atoms with E-state index in [1.54, 1.807) is 36.5 Å². The quantitative estimate of drug-likeness (QED) is 0.726. The molecule has 10 heteroatoms.